The van der Waals surface area contributed by atoms with Crippen LogP contribution in [-0.2, 0) is 24.2 Å². The minimum absolute atomic E-state index is 0.232. The van der Waals surface area contributed by atoms with Crippen LogP contribution in [0.4, 0.5) is 5.82 Å². The van der Waals surface area contributed by atoms with E-state index in [2.05, 4.69) is 16.7 Å². The molecule has 2 amide bonds. The molecule has 1 saturated heterocycles. The molecule has 11 heteroatoms. The average Bonchev–Trinajstić information content (AvgIpc) is 3.43. The Morgan fingerprint density at radius 1 is 1.00 bits per heavy atom. The van der Waals surface area contributed by atoms with Crippen LogP contribution >= 0.6 is 0 Å². The summed E-state index contributed by atoms with van der Waals surface area (Å²) < 4.78 is 23.2. The highest BCUT2D eigenvalue weighted by Gasteiger charge is 2.38. The predicted octanol–water partition coefficient (Wildman–Crippen LogP) is 2.92. The zero-order chi connectivity index (χ0) is 29.9. The van der Waals surface area contributed by atoms with Crippen molar-refractivity contribution in [3.8, 4) is 29.1 Å². The smallest absolute Gasteiger partial charge is 0.258 e. The Kier molecular flexibility index (Phi) is 7.92. The monoisotopic (exact) mass is 583 g/mol. The molecular weight excluding hydrogens is 550 g/mol. The topological polar surface area (TPSA) is 135 Å². The number of nitrogens with one attached hydrogen (secondary N) is 2. The van der Waals surface area contributed by atoms with E-state index in [0.717, 1.165) is 42.5 Å². The Bertz CT molecular complexity index is 1600. The van der Waals surface area contributed by atoms with Gasteiger partial charge in [-0.3, -0.25) is 9.59 Å². The Hall–Kier alpha value is -4.98. The van der Waals surface area contributed by atoms with Crippen molar-refractivity contribution in [2.45, 2.75) is 44.4 Å². The van der Waals surface area contributed by atoms with E-state index in [-0.39, 0.29) is 25.0 Å². The molecular formula is C32H33N5O6. The summed E-state index contributed by atoms with van der Waals surface area (Å²) in [5.74, 6) is 1.76. The average molecular weight is 584 g/mol. The number of fused-ring (bicyclic) bond motifs is 8. The highest BCUT2D eigenvalue weighted by molar-refractivity contribution is 5.95. The highest BCUT2D eigenvalue weighted by atomic mass is 16.5. The number of rotatable bonds is 3. The molecule has 0 saturated carbocycles. The molecule has 4 bridgehead atoms. The molecule has 4 aliphatic rings. The van der Waals surface area contributed by atoms with Crippen LogP contribution in [0.2, 0.25) is 0 Å². The van der Waals surface area contributed by atoms with Crippen molar-refractivity contribution in [3.05, 3.63) is 70.4 Å². The minimum atomic E-state index is -0.472. The number of nitriles is 1. The molecule has 1 aliphatic carbocycles. The van der Waals surface area contributed by atoms with E-state index in [9.17, 15) is 14.9 Å². The standard InChI is InChI=1S/C32H33N5O6/c1-40-24-10-21-11-25(12-24)42-18-30(38)34-15-20-7-8-23(13-28(20)41-2)43-29-17-37(16-27(29)36-32(21)39)31-22(14-33)9-19-5-3-4-6-26(19)35-31/h7-13,27,29H,3-6,15-18H2,1-2H3,(H,34,38)(H,36,39)/t27-,29-/m0/s1. The van der Waals surface area contributed by atoms with Crippen LogP contribution in [0.1, 0.15) is 45.6 Å². The van der Waals surface area contributed by atoms with E-state index in [1.807, 2.05) is 23.1 Å². The Labute approximate surface area is 249 Å². The summed E-state index contributed by atoms with van der Waals surface area (Å²) in [5.41, 5.74) is 3.76. The third-order valence-electron chi connectivity index (χ3n) is 8.05. The molecule has 7 rings (SSSR count). The number of hydrogen-bond acceptors (Lipinski definition) is 9. The molecule has 1 fully saturated rings. The van der Waals surface area contributed by atoms with Crippen LogP contribution in [0.5, 0.6) is 23.0 Å². The van der Waals surface area contributed by atoms with E-state index in [4.69, 9.17) is 23.9 Å². The van der Waals surface area contributed by atoms with Crippen LogP contribution in [0, 0.1) is 11.3 Å². The van der Waals surface area contributed by atoms with Gasteiger partial charge in [-0.15, -0.1) is 0 Å². The number of anilines is 1. The number of benzene rings is 2. The van der Waals surface area contributed by atoms with Gasteiger partial charge in [-0.1, -0.05) is 0 Å². The lowest BCUT2D eigenvalue weighted by atomic mass is 9.95. The Morgan fingerprint density at radius 3 is 2.67 bits per heavy atom. The number of pyridine rings is 1. The molecule has 11 nitrogen and oxygen atoms in total. The second-order valence-corrected chi connectivity index (χ2v) is 10.9. The molecule has 3 aliphatic heterocycles. The third-order valence-corrected chi connectivity index (χ3v) is 8.05. The molecule has 4 heterocycles. The number of aryl methyl sites for hydroxylation is 2. The lowest BCUT2D eigenvalue weighted by Crippen LogP contribution is -2.45. The summed E-state index contributed by atoms with van der Waals surface area (Å²) in [7, 11) is 3.05. The minimum Gasteiger partial charge on any atom is -0.497 e. The largest absolute Gasteiger partial charge is 0.497 e. The predicted molar refractivity (Wildman–Crippen MR) is 157 cm³/mol. The quantitative estimate of drug-likeness (QED) is 0.477. The van der Waals surface area contributed by atoms with Crippen molar-refractivity contribution in [1.29, 1.82) is 5.26 Å². The summed E-state index contributed by atoms with van der Waals surface area (Å²) >= 11 is 0. The van der Waals surface area contributed by atoms with Gasteiger partial charge in [0.15, 0.2) is 6.61 Å². The maximum atomic E-state index is 13.6. The molecule has 0 radical (unpaired) electrons. The molecule has 3 aromatic rings. The van der Waals surface area contributed by atoms with Crippen LogP contribution in [0.3, 0.4) is 0 Å². The van der Waals surface area contributed by atoms with Gasteiger partial charge in [-0.05, 0) is 61.6 Å². The number of ether oxygens (including phenoxy) is 4. The summed E-state index contributed by atoms with van der Waals surface area (Å²) in [4.78, 5) is 33.1. The first-order chi connectivity index (χ1) is 20.9. The van der Waals surface area contributed by atoms with Crippen molar-refractivity contribution < 1.29 is 28.5 Å². The highest BCUT2D eigenvalue weighted by Crippen LogP contribution is 2.32. The van der Waals surface area contributed by atoms with Gasteiger partial charge < -0.3 is 34.5 Å². The van der Waals surface area contributed by atoms with E-state index < -0.39 is 12.1 Å². The van der Waals surface area contributed by atoms with Gasteiger partial charge in [-0.25, -0.2) is 4.98 Å². The van der Waals surface area contributed by atoms with Gasteiger partial charge in [-0.2, -0.15) is 5.26 Å². The number of carbonyl (C=O) groups excluding carboxylic acids is 2. The van der Waals surface area contributed by atoms with Crippen molar-refractivity contribution in [1.82, 2.24) is 15.6 Å². The van der Waals surface area contributed by atoms with Gasteiger partial charge in [0.25, 0.3) is 11.8 Å². The first-order valence-electron chi connectivity index (χ1n) is 14.3. The van der Waals surface area contributed by atoms with E-state index in [1.54, 1.807) is 31.4 Å². The molecule has 43 heavy (non-hydrogen) atoms. The fourth-order valence-electron chi connectivity index (χ4n) is 5.82. The van der Waals surface area contributed by atoms with Crippen LogP contribution in [-0.4, -0.2) is 62.9 Å². The number of aromatic nitrogens is 1. The van der Waals surface area contributed by atoms with Gasteiger partial charge in [0, 0.05) is 42.0 Å². The second-order valence-electron chi connectivity index (χ2n) is 10.9. The molecule has 222 valence electrons. The zero-order valence-electron chi connectivity index (χ0n) is 24.1. The summed E-state index contributed by atoms with van der Waals surface area (Å²) in [6, 6.07) is 14.1. The van der Waals surface area contributed by atoms with E-state index in [1.165, 1.54) is 7.11 Å². The molecule has 1 aromatic heterocycles. The maximum Gasteiger partial charge on any atom is 0.258 e. The van der Waals surface area contributed by atoms with Gasteiger partial charge in [0.1, 0.15) is 41.0 Å². The Balaban J connectivity index is 1.37. The number of hydrogen-bond donors (Lipinski definition) is 2. The molecule has 2 N–H and O–H groups in total. The second kappa shape index (κ2) is 12.1. The first kappa shape index (κ1) is 28.2. The number of nitrogens with zero attached hydrogens (tertiary/aromatic N) is 3. The summed E-state index contributed by atoms with van der Waals surface area (Å²) in [6.45, 7) is 0.776. The maximum absolute atomic E-state index is 13.6. The van der Waals surface area contributed by atoms with Crippen molar-refractivity contribution in [2.75, 3.05) is 38.8 Å². The van der Waals surface area contributed by atoms with Crippen molar-refractivity contribution in [3.63, 3.8) is 0 Å². The molecule has 0 unspecified atom stereocenters. The van der Waals surface area contributed by atoms with Crippen molar-refractivity contribution in [2.24, 2.45) is 0 Å². The first-order valence-corrected chi connectivity index (χ1v) is 14.3. The molecule has 2 atom stereocenters. The lowest BCUT2D eigenvalue weighted by molar-refractivity contribution is -0.123. The van der Waals surface area contributed by atoms with E-state index >= 15 is 0 Å². The van der Waals surface area contributed by atoms with Crippen molar-refractivity contribution >= 4 is 17.6 Å². The summed E-state index contributed by atoms with van der Waals surface area (Å²) in [6.07, 6.45) is 3.51. The van der Waals surface area contributed by atoms with Gasteiger partial charge >= 0.3 is 0 Å². The fourth-order valence-corrected chi connectivity index (χ4v) is 5.82. The SMILES string of the molecule is COc1cc2cc(c1)C(=O)N[C@H]1CN(c3nc4c(cc3C#N)CCCC4)C[C@@H]1Oc1ccc(c(OC)c1)CNC(=O)CO2. The number of methoxy groups -OCH3 is 2. The fraction of sp³-hybridized carbons (Fsp3) is 0.375. The lowest BCUT2D eigenvalue weighted by Gasteiger charge is -2.22. The zero-order valence-corrected chi connectivity index (χ0v) is 24.1. The van der Waals surface area contributed by atoms with Crippen LogP contribution < -0.4 is 34.5 Å². The Morgan fingerprint density at radius 2 is 1.86 bits per heavy atom. The normalized spacial score (nSPS) is 19.9. The number of amides is 2. The molecule has 2 aromatic carbocycles. The van der Waals surface area contributed by atoms with Crippen LogP contribution in [0.25, 0.3) is 0 Å². The van der Waals surface area contributed by atoms with E-state index in [0.29, 0.717) is 53.0 Å². The molecule has 0 spiro atoms. The number of carbonyl (C=O) groups is 2. The van der Waals surface area contributed by atoms with Gasteiger partial charge in [0.2, 0.25) is 0 Å². The third kappa shape index (κ3) is 6.00. The van der Waals surface area contributed by atoms with Gasteiger partial charge in [0.05, 0.1) is 32.4 Å². The van der Waals surface area contributed by atoms with Crippen LogP contribution in [0.15, 0.2) is 42.5 Å². The summed E-state index contributed by atoms with van der Waals surface area (Å²) in [5, 5.41) is 16.0.